The molecule has 3 aromatic heterocycles. The minimum atomic E-state index is 0.372. The van der Waals surface area contributed by atoms with Gasteiger partial charge in [-0.05, 0) is 31.7 Å². The van der Waals surface area contributed by atoms with Crippen LogP contribution in [-0.2, 0) is 4.74 Å². The van der Waals surface area contributed by atoms with Gasteiger partial charge in [0.15, 0.2) is 5.82 Å². The Morgan fingerprint density at radius 3 is 2.83 bits per heavy atom. The molecule has 5 rings (SSSR count). The maximum atomic E-state index is 5.43. The van der Waals surface area contributed by atoms with Crippen molar-refractivity contribution >= 4 is 16.7 Å². The van der Waals surface area contributed by atoms with Crippen molar-refractivity contribution in [1.82, 2.24) is 30.4 Å². The van der Waals surface area contributed by atoms with Crippen LogP contribution in [0.2, 0.25) is 0 Å². The number of hydrogen-bond acceptors (Lipinski definition) is 6. The molecule has 3 N–H and O–H groups in total. The second-order valence-electron chi connectivity index (χ2n) is 6.52. The third kappa shape index (κ3) is 2.43. The van der Waals surface area contributed by atoms with Crippen molar-refractivity contribution in [2.24, 2.45) is 0 Å². The number of ether oxygens (including phenoxy) is 1. The molecule has 3 aromatic rings. The van der Waals surface area contributed by atoms with Crippen LogP contribution < -0.4 is 5.32 Å². The van der Waals surface area contributed by atoms with Crippen LogP contribution in [-0.4, -0.2) is 49.6 Å². The summed E-state index contributed by atoms with van der Waals surface area (Å²) in [6.07, 6.45) is 6.14. The van der Waals surface area contributed by atoms with Crippen molar-refractivity contribution in [3.63, 3.8) is 0 Å². The predicted octanol–water partition coefficient (Wildman–Crippen LogP) is 2.21. The quantitative estimate of drug-likeness (QED) is 0.679. The van der Waals surface area contributed by atoms with Gasteiger partial charge in [0.2, 0.25) is 0 Å². The molecule has 0 bridgehead atoms. The monoisotopic (exact) mass is 325 g/mol. The number of hydrogen-bond donors (Lipinski definition) is 3. The Bertz CT molecular complexity index is 860. The Morgan fingerprint density at radius 1 is 1.12 bits per heavy atom. The maximum absolute atomic E-state index is 5.43. The molecule has 0 aromatic carbocycles. The van der Waals surface area contributed by atoms with Gasteiger partial charge >= 0.3 is 0 Å². The minimum Gasteiger partial charge on any atom is -0.381 e. The van der Waals surface area contributed by atoms with E-state index in [1.807, 2.05) is 6.07 Å². The number of nitrogens with one attached hydrogen (secondary N) is 3. The summed E-state index contributed by atoms with van der Waals surface area (Å²) < 4.78 is 5.43. The second kappa shape index (κ2) is 5.55. The van der Waals surface area contributed by atoms with E-state index in [4.69, 9.17) is 4.74 Å². The molecule has 0 atom stereocenters. The first-order chi connectivity index (χ1) is 11.9. The van der Waals surface area contributed by atoms with Crippen molar-refractivity contribution in [3.8, 4) is 11.5 Å². The van der Waals surface area contributed by atoms with Gasteiger partial charge in [-0.2, -0.15) is 5.10 Å². The summed E-state index contributed by atoms with van der Waals surface area (Å²) in [4.78, 5) is 7.86. The van der Waals surface area contributed by atoms with Gasteiger partial charge in [0, 0.05) is 31.4 Å². The van der Waals surface area contributed by atoms with E-state index in [2.05, 4.69) is 35.7 Å². The Kier molecular flexibility index (Phi) is 3.22. The number of aromatic nitrogens is 6. The van der Waals surface area contributed by atoms with E-state index in [1.165, 1.54) is 12.8 Å². The number of nitrogens with zero attached hydrogens (tertiary/aromatic N) is 4. The van der Waals surface area contributed by atoms with Gasteiger partial charge in [-0.15, -0.1) is 10.2 Å². The topological polar surface area (TPSA) is 104 Å². The Labute approximate surface area is 138 Å². The lowest BCUT2D eigenvalue weighted by atomic mass is 10.1. The maximum Gasteiger partial charge on any atom is 0.182 e. The minimum absolute atomic E-state index is 0.372. The molecule has 1 saturated carbocycles. The fourth-order valence-corrected chi connectivity index (χ4v) is 3.20. The summed E-state index contributed by atoms with van der Waals surface area (Å²) in [5.74, 6) is 3.04. The van der Waals surface area contributed by atoms with E-state index in [-0.39, 0.29) is 0 Å². The fourth-order valence-electron chi connectivity index (χ4n) is 3.20. The van der Waals surface area contributed by atoms with Gasteiger partial charge in [0.1, 0.15) is 17.3 Å². The van der Waals surface area contributed by atoms with Crippen LogP contribution in [0.5, 0.6) is 0 Å². The van der Waals surface area contributed by atoms with Crippen molar-refractivity contribution < 1.29 is 4.74 Å². The number of aromatic amines is 2. The van der Waals surface area contributed by atoms with Crippen LogP contribution in [0.15, 0.2) is 12.3 Å². The molecule has 2 fully saturated rings. The summed E-state index contributed by atoms with van der Waals surface area (Å²) in [5, 5.41) is 20.6. The van der Waals surface area contributed by atoms with Crippen LogP contribution in [0.1, 0.15) is 37.4 Å². The highest BCUT2D eigenvalue weighted by molar-refractivity contribution is 5.99. The van der Waals surface area contributed by atoms with Crippen molar-refractivity contribution in [3.05, 3.63) is 18.1 Å². The van der Waals surface area contributed by atoms with Crippen molar-refractivity contribution in [2.45, 2.75) is 37.6 Å². The van der Waals surface area contributed by atoms with E-state index >= 15 is 0 Å². The molecule has 1 aliphatic heterocycles. The molecule has 24 heavy (non-hydrogen) atoms. The Hall–Kier alpha value is -2.48. The number of fused-ring (bicyclic) bond motifs is 1. The Balaban J connectivity index is 1.53. The third-order valence-electron chi connectivity index (χ3n) is 4.73. The van der Waals surface area contributed by atoms with E-state index in [0.717, 1.165) is 54.3 Å². The molecule has 0 spiro atoms. The van der Waals surface area contributed by atoms with Gasteiger partial charge in [-0.1, -0.05) is 0 Å². The SMILES string of the molecule is c1cc2[nH]nc(-c3nnc(C4CC4)[nH]3)c2c(NC2CCOCC2)n1. The van der Waals surface area contributed by atoms with Crippen LogP contribution in [0.25, 0.3) is 22.4 Å². The molecule has 0 unspecified atom stereocenters. The molecule has 8 heteroatoms. The lowest BCUT2D eigenvalue weighted by molar-refractivity contribution is 0.0904. The molecule has 1 saturated heterocycles. The highest BCUT2D eigenvalue weighted by atomic mass is 16.5. The summed E-state index contributed by atoms with van der Waals surface area (Å²) in [6, 6.07) is 2.30. The van der Waals surface area contributed by atoms with E-state index in [9.17, 15) is 0 Å². The van der Waals surface area contributed by atoms with Crippen molar-refractivity contribution in [1.29, 1.82) is 0 Å². The molecule has 0 radical (unpaired) electrons. The van der Waals surface area contributed by atoms with Gasteiger partial charge in [0.25, 0.3) is 0 Å². The third-order valence-corrected chi connectivity index (χ3v) is 4.73. The lowest BCUT2D eigenvalue weighted by Gasteiger charge is -2.23. The predicted molar refractivity (Wildman–Crippen MR) is 88.7 cm³/mol. The zero-order valence-corrected chi connectivity index (χ0v) is 13.2. The largest absolute Gasteiger partial charge is 0.381 e. The van der Waals surface area contributed by atoms with Crippen LogP contribution in [0.4, 0.5) is 5.82 Å². The van der Waals surface area contributed by atoms with E-state index < -0.39 is 0 Å². The molecule has 8 nitrogen and oxygen atoms in total. The van der Waals surface area contributed by atoms with Gasteiger partial charge in [-0.25, -0.2) is 4.98 Å². The lowest BCUT2D eigenvalue weighted by Crippen LogP contribution is -2.28. The summed E-state index contributed by atoms with van der Waals surface area (Å²) >= 11 is 0. The van der Waals surface area contributed by atoms with Gasteiger partial charge in [0.05, 0.1) is 10.9 Å². The molecule has 124 valence electrons. The molecule has 1 aliphatic carbocycles. The highest BCUT2D eigenvalue weighted by Crippen LogP contribution is 2.39. The zero-order chi connectivity index (χ0) is 15.9. The first-order valence-electron chi connectivity index (χ1n) is 8.49. The number of rotatable bonds is 4. The number of H-pyrrole nitrogens is 2. The second-order valence-corrected chi connectivity index (χ2v) is 6.52. The van der Waals surface area contributed by atoms with E-state index in [0.29, 0.717) is 17.8 Å². The van der Waals surface area contributed by atoms with Gasteiger partial charge < -0.3 is 15.0 Å². The summed E-state index contributed by atoms with van der Waals surface area (Å²) in [7, 11) is 0. The number of anilines is 1. The van der Waals surface area contributed by atoms with Gasteiger partial charge in [-0.3, -0.25) is 5.10 Å². The summed E-state index contributed by atoms with van der Waals surface area (Å²) in [5.41, 5.74) is 1.71. The van der Waals surface area contributed by atoms with E-state index in [1.54, 1.807) is 6.20 Å². The average Bonchev–Trinajstić information content (AvgIpc) is 3.19. The molecule has 2 aliphatic rings. The molecule has 4 heterocycles. The summed E-state index contributed by atoms with van der Waals surface area (Å²) in [6.45, 7) is 1.58. The molecular weight excluding hydrogens is 306 g/mol. The standard InChI is InChI=1S/C16H19N7O/c1-2-9(1)14-19-16(23-22-14)13-12-11(20-21-13)3-6-17-15(12)18-10-4-7-24-8-5-10/h3,6,9-10H,1-2,4-5,7-8H2,(H,17,18)(H,20,21)(H,19,22,23). The fraction of sp³-hybridized carbons (Fsp3) is 0.500. The number of pyridine rings is 1. The van der Waals surface area contributed by atoms with Crippen LogP contribution in [0.3, 0.4) is 0 Å². The molecular formula is C16H19N7O. The Morgan fingerprint density at radius 2 is 2.00 bits per heavy atom. The highest BCUT2D eigenvalue weighted by Gasteiger charge is 2.28. The van der Waals surface area contributed by atoms with Crippen LogP contribution in [0, 0.1) is 0 Å². The first-order valence-corrected chi connectivity index (χ1v) is 8.49. The normalized spacial score (nSPS) is 19.0. The molecule has 0 amide bonds. The average molecular weight is 325 g/mol. The smallest absolute Gasteiger partial charge is 0.182 e. The van der Waals surface area contributed by atoms with Crippen molar-refractivity contribution in [2.75, 3.05) is 18.5 Å². The first kappa shape index (κ1) is 13.9. The zero-order valence-electron chi connectivity index (χ0n) is 13.2. The van der Waals surface area contributed by atoms with Crippen LogP contribution >= 0.6 is 0 Å².